The van der Waals surface area contributed by atoms with Crippen LogP contribution in [-0.4, -0.2) is 41.2 Å². The third-order valence-electron chi connectivity index (χ3n) is 2.67. The van der Waals surface area contributed by atoms with E-state index in [1.165, 1.54) is 0 Å². The fourth-order valence-corrected chi connectivity index (χ4v) is 1.62. The number of hydrogen-bond acceptors (Lipinski definition) is 6. The van der Waals surface area contributed by atoms with Crippen molar-refractivity contribution in [3.05, 3.63) is 11.7 Å². The van der Waals surface area contributed by atoms with Gasteiger partial charge in [-0.05, 0) is 20.4 Å². The van der Waals surface area contributed by atoms with Crippen LogP contribution in [0, 0.1) is 0 Å². The Bertz CT molecular complexity index is 379. The van der Waals surface area contributed by atoms with Crippen LogP contribution in [0.4, 0.5) is 0 Å². The number of aromatic nitrogens is 2. The molecule has 1 heterocycles. The van der Waals surface area contributed by atoms with E-state index in [1.807, 2.05) is 11.9 Å². The standard InChI is InChI=1S/C13H23N3O3/c1-4-6-7-11-14-12(19-15-11)10-16(3)9-8-13(17)18-5-2/h4-10H2,1-3H3. The predicted octanol–water partition coefficient (Wildman–Crippen LogP) is 1.80. The monoisotopic (exact) mass is 269 g/mol. The van der Waals surface area contributed by atoms with Gasteiger partial charge in [-0.3, -0.25) is 9.69 Å². The minimum Gasteiger partial charge on any atom is -0.466 e. The summed E-state index contributed by atoms with van der Waals surface area (Å²) in [5, 5.41) is 3.93. The van der Waals surface area contributed by atoms with Crippen molar-refractivity contribution >= 4 is 5.97 Å². The first-order chi connectivity index (χ1) is 9.15. The summed E-state index contributed by atoms with van der Waals surface area (Å²) in [4.78, 5) is 17.5. The molecular formula is C13H23N3O3. The summed E-state index contributed by atoms with van der Waals surface area (Å²) in [6, 6.07) is 0. The van der Waals surface area contributed by atoms with E-state index >= 15 is 0 Å². The van der Waals surface area contributed by atoms with Gasteiger partial charge in [-0.1, -0.05) is 18.5 Å². The van der Waals surface area contributed by atoms with Crippen LogP contribution in [0.15, 0.2) is 4.52 Å². The number of rotatable bonds is 9. The molecule has 1 rings (SSSR count). The summed E-state index contributed by atoms with van der Waals surface area (Å²) in [7, 11) is 1.91. The summed E-state index contributed by atoms with van der Waals surface area (Å²) < 4.78 is 10.0. The van der Waals surface area contributed by atoms with E-state index in [9.17, 15) is 4.79 Å². The summed E-state index contributed by atoms with van der Waals surface area (Å²) >= 11 is 0. The Morgan fingerprint density at radius 3 is 2.89 bits per heavy atom. The Hall–Kier alpha value is -1.43. The first kappa shape index (κ1) is 15.6. The lowest BCUT2D eigenvalue weighted by molar-refractivity contribution is -0.143. The van der Waals surface area contributed by atoms with E-state index in [2.05, 4.69) is 17.1 Å². The topological polar surface area (TPSA) is 68.5 Å². The van der Waals surface area contributed by atoms with Gasteiger partial charge in [0.1, 0.15) is 0 Å². The second-order valence-corrected chi connectivity index (χ2v) is 4.50. The van der Waals surface area contributed by atoms with Crippen molar-refractivity contribution in [2.75, 3.05) is 20.2 Å². The zero-order chi connectivity index (χ0) is 14.1. The molecule has 0 bridgehead atoms. The minimum atomic E-state index is -0.177. The van der Waals surface area contributed by atoms with Crippen LogP contribution < -0.4 is 0 Å². The van der Waals surface area contributed by atoms with Gasteiger partial charge in [0.2, 0.25) is 5.89 Å². The molecule has 0 spiro atoms. The maximum atomic E-state index is 11.2. The third-order valence-corrected chi connectivity index (χ3v) is 2.67. The molecule has 6 heteroatoms. The average molecular weight is 269 g/mol. The van der Waals surface area contributed by atoms with Crippen molar-refractivity contribution in [1.82, 2.24) is 15.0 Å². The van der Waals surface area contributed by atoms with Gasteiger partial charge in [-0.25, -0.2) is 0 Å². The van der Waals surface area contributed by atoms with Crippen LogP contribution >= 0.6 is 0 Å². The lowest BCUT2D eigenvalue weighted by Gasteiger charge is -2.12. The number of nitrogens with zero attached hydrogens (tertiary/aromatic N) is 3. The van der Waals surface area contributed by atoms with Gasteiger partial charge in [0.05, 0.1) is 19.6 Å². The number of ether oxygens (including phenoxy) is 1. The minimum absolute atomic E-state index is 0.177. The number of carbonyl (C=O) groups is 1. The SMILES string of the molecule is CCCCc1noc(CN(C)CCC(=O)OCC)n1. The van der Waals surface area contributed by atoms with E-state index in [1.54, 1.807) is 6.92 Å². The number of carbonyl (C=O) groups excluding carboxylic acids is 1. The molecule has 0 N–H and O–H groups in total. The first-order valence-electron chi connectivity index (χ1n) is 6.81. The molecule has 0 unspecified atom stereocenters. The maximum absolute atomic E-state index is 11.2. The zero-order valence-corrected chi connectivity index (χ0v) is 12.0. The van der Waals surface area contributed by atoms with Crippen molar-refractivity contribution in [1.29, 1.82) is 0 Å². The van der Waals surface area contributed by atoms with Crippen molar-refractivity contribution in [3.63, 3.8) is 0 Å². The van der Waals surface area contributed by atoms with E-state index in [0.717, 1.165) is 25.1 Å². The van der Waals surface area contributed by atoms with Gasteiger partial charge in [0.15, 0.2) is 5.82 Å². The van der Waals surface area contributed by atoms with Crippen LogP contribution in [0.3, 0.4) is 0 Å². The number of esters is 1. The number of unbranched alkanes of at least 4 members (excludes halogenated alkanes) is 1. The van der Waals surface area contributed by atoms with Crippen molar-refractivity contribution in [2.24, 2.45) is 0 Å². The Morgan fingerprint density at radius 2 is 2.21 bits per heavy atom. The smallest absolute Gasteiger partial charge is 0.307 e. The molecule has 1 aromatic heterocycles. The summed E-state index contributed by atoms with van der Waals surface area (Å²) in [5.41, 5.74) is 0. The molecule has 0 aliphatic carbocycles. The average Bonchev–Trinajstić information content (AvgIpc) is 2.82. The molecule has 0 aliphatic rings. The fourth-order valence-electron chi connectivity index (χ4n) is 1.62. The Balaban J connectivity index is 2.29. The van der Waals surface area contributed by atoms with Gasteiger partial charge in [0.25, 0.3) is 0 Å². The highest BCUT2D eigenvalue weighted by atomic mass is 16.5. The van der Waals surface area contributed by atoms with E-state index < -0.39 is 0 Å². The van der Waals surface area contributed by atoms with Gasteiger partial charge in [-0.15, -0.1) is 0 Å². The predicted molar refractivity (Wildman–Crippen MR) is 70.5 cm³/mol. The quantitative estimate of drug-likeness (QED) is 0.637. The number of aryl methyl sites for hydroxylation is 1. The molecule has 0 aromatic carbocycles. The van der Waals surface area contributed by atoms with E-state index in [-0.39, 0.29) is 5.97 Å². The maximum Gasteiger partial charge on any atom is 0.307 e. The first-order valence-corrected chi connectivity index (χ1v) is 6.81. The van der Waals surface area contributed by atoms with Crippen LogP contribution in [0.5, 0.6) is 0 Å². The number of hydrogen-bond donors (Lipinski definition) is 0. The van der Waals surface area contributed by atoms with Gasteiger partial charge in [0, 0.05) is 13.0 Å². The molecule has 6 nitrogen and oxygen atoms in total. The molecule has 0 radical (unpaired) electrons. The largest absolute Gasteiger partial charge is 0.466 e. The molecule has 0 saturated heterocycles. The van der Waals surface area contributed by atoms with Gasteiger partial charge < -0.3 is 9.26 Å². The molecule has 1 aromatic rings. The fraction of sp³-hybridized carbons (Fsp3) is 0.769. The molecule has 0 amide bonds. The molecule has 0 atom stereocenters. The van der Waals surface area contributed by atoms with E-state index in [0.29, 0.717) is 32.0 Å². The third kappa shape index (κ3) is 6.33. The Morgan fingerprint density at radius 1 is 1.42 bits per heavy atom. The molecule has 0 saturated carbocycles. The molecule has 0 aliphatic heterocycles. The lowest BCUT2D eigenvalue weighted by atomic mass is 10.2. The van der Waals surface area contributed by atoms with Crippen molar-refractivity contribution < 1.29 is 14.1 Å². The van der Waals surface area contributed by atoms with Crippen molar-refractivity contribution in [3.8, 4) is 0 Å². The normalized spacial score (nSPS) is 10.9. The zero-order valence-electron chi connectivity index (χ0n) is 12.0. The second kappa shape index (κ2) is 8.63. The summed E-state index contributed by atoms with van der Waals surface area (Å²) in [5.74, 6) is 1.18. The van der Waals surface area contributed by atoms with Crippen molar-refractivity contribution in [2.45, 2.75) is 46.1 Å². The second-order valence-electron chi connectivity index (χ2n) is 4.50. The highest BCUT2D eigenvalue weighted by molar-refractivity contribution is 5.69. The van der Waals surface area contributed by atoms with Crippen LogP contribution in [0.2, 0.25) is 0 Å². The highest BCUT2D eigenvalue weighted by Crippen LogP contribution is 2.05. The van der Waals surface area contributed by atoms with Crippen LogP contribution in [-0.2, 0) is 22.5 Å². The Kier molecular flexibility index (Phi) is 7.10. The Labute approximate surface area is 114 Å². The summed E-state index contributed by atoms with van der Waals surface area (Å²) in [6.07, 6.45) is 3.41. The van der Waals surface area contributed by atoms with Gasteiger partial charge in [-0.2, -0.15) is 4.98 Å². The highest BCUT2D eigenvalue weighted by Gasteiger charge is 2.10. The molecule has 108 valence electrons. The van der Waals surface area contributed by atoms with E-state index in [4.69, 9.17) is 9.26 Å². The molecule has 19 heavy (non-hydrogen) atoms. The lowest BCUT2D eigenvalue weighted by Crippen LogP contribution is -2.22. The molecular weight excluding hydrogens is 246 g/mol. The van der Waals surface area contributed by atoms with Crippen LogP contribution in [0.1, 0.15) is 44.8 Å². The van der Waals surface area contributed by atoms with Crippen LogP contribution in [0.25, 0.3) is 0 Å². The van der Waals surface area contributed by atoms with Gasteiger partial charge >= 0.3 is 5.97 Å². The molecule has 0 fully saturated rings. The summed E-state index contributed by atoms with van der Waals surface area (Å²) in [6.45, 7) is 5.53.